The molecule has 180 valence electrons. The average Bonchev–Trinajstić information content (AvgIpc) is 2.74. The number of hydrogen-bond acceptors (Lipinski definition) is 7. The van der Waals surface area contributed by atoms with Gasteiger partial charge in [0.05, 0.1) is 13.7 Å². The molecule has 1 fully saturated rings. The Morgan fingerprint density at radius 3 is 2.47 bits per heavy atom. The molecule has 1 saturated carbocycles. The van der Waals surface area contributed by atoms with Crippen molar-refractivity contribution in [2.75, 3.05) is 13.7 Å². The maximum Gasteiger partial charge on any atom is 0.408 e. The van der Waals surface area contributed by atoms with Gasteiger partial charge in [-0.2, -0.15) is 0 Å². The van der Waals surface area contributed by atoms with Crippen molar-refractivity contribution in [3.05, 3.63) is 24.0 Å². The Kier molecular flexibility index (Phi) is 10.1. The number of carbonyl (C=O) groups excluding carboxylic acids is 3. The van der Waals surface area contributed by atoms with Crippen molar-refractivity contribution in [2.45, 2.75) is 89.9 Å². The van der Waals surface area contributed by atoms with Gasteiger partial charge in [0.25, 0.3) is 0 Å². The molecule has 0 spiro atoms. The number of hydrogen-bond donors (Lipinski definition) is 1. The first-order chi connectivity index (χ1) is 15.2. The van der Waals surface area contributed by atoms with E-state index in [9.17, 15) is 14.4 Å². The van der Waals surface area contributed by atoms with E-state index in [-0.39, 0.29) is 37.4 Å². The van der Waals surface area contributed by atoms with Crippen molar-refractivity contribution < 1.29 is 33.3 Å². The smallest absolute Gasteiger partial charge is 0.408 e. The van der Waals surface area contributed by atoms with Gasteiger partial charge in [0.15, 0.2) is 0 Å². The Balaban J connectivity index is 1.88. The zero-order chi connectivity index (χ0) is 23.6. The molecule has 0 aromatic carbocycles. The summed E-state index contributed by atoms with van der Waals surface area (Å²) in [7, 11) is 1.60. The van der Waals surface area contributed by atoms with Gasteiger partial charge in [0, 0.05) is 12.3 Å². The van der Waals surface area contributed by atoms with Crippen LogP contribution in [0.5, 0.6) is 0 Å². The minimum Gasteiger partial charge on any atom is -0.497 e. The fraction of sp³-hybridized carbons (Fsp3) is 0.708. The summed E-state index contributed by atoms with van der Waals surface area (Å²) in [5.41, 5.74) is -0.712. The highest BCUT2D eigenvalue weighted by molar-refractivity contribution is 5.82. The molecular formula is C24H37NO7. The van der Waals surface area contributed by atoms with Crippen LogP contribution in [0.2, 0.25) is 0 Å². The van der Waals surface area contributed by atoms with Crippen LogP contribution in [-0.4, -0.2) is 49.5 Å². The second kappa shape index (κ2) is 12.5. The lowest BCUT2D eigenvalue weighted by molar-refractivity contribution is -0.151. The SMILES string of the molecule is COC1=CCC(COC(=O)[C@@H](CCC(=O)OC2CCCCC2)NC(=O)OC(C)(C)C)C=C1. The van der Waals surface area contributed by atoms with Crippen LogP contribution in [0.1, 0.15) is 72.1 Å². The van der Waals surface area contributed by atoms with Gasteiger partial charge in [0.1, 0.15) is 23.5 Å². The number of methoxy groups -OCH3 is 1. The van der Waals surface area contributed by atoms with Gasteiger partial charge in [-0.25, -0.2) is 9.59 Å². The zero-order valence-corrected chi connectivity index (χ0v) is 19.7. The van der Waals surface area contributed by atoms with E-state index in [0.29, 0.717) is 6.42 Å². The Hall–Kier alpha value is -2.51. The molecule has 0 aliphatic heterocycles. The minimum absolute atomic E-state index is 0.00926. The Bertz CT molecular complexity index is 702. The number of alkyl carbamates (subject to hydrolysis) is 1. The van der Waals surface area contributed by atoms with Crippen molar-refractivity contribution in [3.63, 3.8) is 0 Å². The summed E-state index contributed by atoms with van der Waals surface area (Å²) in [5, 5.41) is 2.54. The fourth-order valence-electron chi connectivity index (χ4n) is 3.60. The highest BCUT2D eigenvalue weighted by atomic mass is 16.6. The van der Waals surface area contributed by atoms with Crippen LogP contribution in [0, 0.1) is 5.92 Å². The third kappa shape index (κ3) is 9.75. The van der Waals surface area contributed by atoms with Gasteiger partial charge in [-0.05, 0) is 71.4 Å². The molecule has 0 aromatic rings. The lowest BCUT2D eigenvalue weighted by Crippen LogP contribution is -2.45. The minimum atomic E-state index is -0.999. The van der Waals surface area contributed by atoms with E-state index in [2.05, 4.69) is 5.32 Å². The van der Waals surface area contributed by atoms with E-state index < -0.39 is 23.7 Å². The maximum atomic E-state index is 12.7. The molecule has 0 aromatic heterocycles. The maximum absolute atomic E-state index is 12.7. The fourth-order valence-corrected chi connectivity index (χ4v) is 3.60. The predicted octanol–water partition coefficient (Wildman–Crippen LogP) is 4.19. The molecular weight excluding hydrogens is 414 g/mol. The van der Waals surface area contributed by atoms with E-state index in [4.69, 9.17) is 18.9 Å². The van der Waals surface area contributed by atoms with Crippen LogP contribution in [0.25, 0.3) is 0 Å². The molecule has 32 heavy (non-hydrogen) atoms. The van der Waals surface area contributed by atoms with Gasteiger partial charge in [0.2, 0.25) is 0 Å². The summed E-state index contributed by atoms with van der Waals surface area (Å²) in [5.74, 6) is -0.172. The summed E-state index contributed by atoms with van der Waals surface area (Å²) in [6.07, 6.45) is 10.7. The summed E-state index contributed by atoms with van der Waals surface area (Å²) >= 11 is 0. The van der Waals surface area contributed by atoms with Gasteiger partial charge in [-0.15, -0.1) is 0 Å². The van der Waals surface area contributed by atoms with Crippen LogP contribution in [0.3, 0.4) is 0 Å². The Labute approximate surface area is 190 Å². The quantitative estimate of drug-likeness (QED) is 0.414. The first-order valence-electron chi connectivity index (χ1n) is 11.4. The molecule has 1 unspecified atom stereocenters. The van der Waals surface area contributed by atoms with Crippen molar-refractivity contribution in [2.24, 2.45) is 5.92 Å². The van der Waals surface area contributed by atoms with Crippen LogP contribution >= 0.6 is 0 Å². The largest absolute Gasteiger partial charge is 0.497 e. The van der Waals surface area contributed by atoms with Crippen molar-refractivity contribution in [1.82, 2.24) is 5.32 Å². The Morgan fingerprint density at radius 1 is 1.16 bits per heavy atom. The van der Waals surface area contributed by atoms with Crippen LogP contribution < -0.4 is 5.32 Å². The predicted molar refractivity (Wildman–Crippen MR) is 119 cm³/mol. The lowest BCUT2D eigenvalue weighted by Gasteiger charge is -2.24. The number of esters is 2. The number of rotatable bonds is 9. The van der Waals surface area contributed by atoms with Crippen molar-refractivity contribution in [1.29, 1.82) is 0 Å². The summed E-state index contributed by atoms with van der Waals surface area (Å²) in [6, 6.07) is -0.999. The average molecular weight is 452 g/mol. The molecule has 0 radical (unpaired) electrons. The first kappa shape index (κ1) is 25.7. The zero-order valence-electron chi connectivity index (χ0n) is 19.7. The third-order valence-corrected chi connectivity index (χ3v) is 5.29. The summed E-state index contributed by atoms with van der Waals surface area (Å²) in [6.45, 7) is 5.37. The van der Waals surface area contributed by atoms with E-state index in [1.807, 2.05) is 18.2 Å². The molecule has 2 rings (SSSR count). The third-order valence-electron chi connectivity index (χ3n) is 5.29. The van der Waals surface area contributed by atoms with E-state index in [1.54, 1.807) is 27.9 Å². The molecule has 1 N–H and O–H groups in total. The van der Waals surface area contributed by atoms with Crippen LogP contribution in [0.4, 0.5) is 4.79 Å². The van der Waals surface area contributed by atoms with Crippen molar-refractivity contribution in [3.8, 4) is 0 Å². The van der Waals surface area contributed by atoms with Gasteiger partial charge < -0.3 is 24.3 Å². The molecule has 0 saturated heterocycles. The molecule has 0 heterocycles. The van der Waals surface area contributed by atoms with Crippen LogP contribution in [0.15, 0.2) is 24.0 Å². The molecule has 2 aliphatic carbocycles. The molecule has 8 nitrogen and oxygen atoms in total. The van der Waals surface area contributed by atoms with E-state index in [1.165, 1.54) is 6.42 Å². The summed E-state index contributed by atoms with van der Waals surface area (Å²) in [4.78, 5) is 37.2. The summed E-state index contributed by atoms with van der Waals surface area (Å²) < 4.78 is 21.4. The number of ether oxygens (including phenoxy) is 4. The second-order valence-electron chi connectivity index (χ2n) is 9.28. The number of nitrogens with one attached hydrogen (secondary N) is 1. The molecule has 1 amide bonds. The van der Waals surface area contributed by atoms with Gasteiger partial charge in [-0.3, -0.25) is 4.79 Å². The van der Waals surface area contributed by atoms with Gasteiger partial charge in [-0.1, -0.05) is 12.5 Å². The Morgan fingerprint density at radius 2 is 1.88 bits per heavy atom. The van der Waals surface area contributed by atoms with E-state index in [0.717, 1.165) is 31.4 Å². The first-order valence-corrected chi connectivity index (χ1v) is 11.4. The number of carbonyl (C=O) groups is 3. The standard InChI is InChI=1S/C24H37NO7/c1-24(2,3)32-23(28)25-20(14-15-21(26)31-19-8-6-5-7-9-19)22(27)30-16-17-10-12-18(29-4)13-11-17/h10,12-13,17,19-20H,5-9,11,14-16H2,1-4H3,(H,25,28)/t17?,20-/m1/s1. The topological polar surface area (TPSA) is 100 Å². The van der Waals surface area contributed by atoms with E-state index >= 15 is 0 Å². The molecule has 0 bridgehead atoms. The monoisotopic (exact) mass is 451 g/mol. The van der Waals surface area contributed by atoms with Gasteiger partial charge >= 0.3 is 18.0 Å². The second-order valence-corrected chi connectivity index (χ2v) is 9.28. The number of allylic oxidation sites excluding steroid dienone is 2. The molecule has 2 atom stereocenters. The molecule has 2 aliphatic rings. The van der Waals surface area contributed by atoms with Crippen LogP contribution in [-0.2, 0) is 28.5 Å². The normalized spacial score (nSPS) is 20.0. The van der Waals surface area contributed by atoms with Crippen molar-refractivity contribution >= 4 is 18.0 Å². The lowest BCUT2D eigenvalue weighted by atomic mass is 9.98. The highest BCUT2D eigenvalue weighted by Crippen LogP contribution is 2.21. The molecule has 8 heteroatoms. The number of amides is 1. The highest BCUT2D eigenvalue weighted by Gasteiger charge is 2.28.